The first kappa shape index (κ1) is 13.5. The average Bonchev–Trinajstić information content (AvgIpc) is 2.31. The first-order valence-electron chi connectivity index (χ1n) is 5.63. The van der Waals surface area contributed by atoms with Gasteiger partial charge in [0.2, 0.25) is 5.91 Å². The number of amides is 1. The molecule has 0 saturated heterocycles. The number of carbonyl (C=O) groups is 1. The molecule has 0 fully saturated rings. The summed E-state index contributed by atoms with van der Waals surface area (Å²) in [4.78, 5) is 13.7. The van der Waals surface area contributed by atoms with E-state index in [2.05, 4.69) is 0 Å². The summed E-state index contributed by atoms with van der Waals surface area (Å²) in [5, 5.41) is 0. The highest BCUT2D eigenvalue weighted by Gasteiger charge is 2.15. The van der Waals surface area contributed by atoms with Gasteiger partial charge < -0.3 is 15.4 Å². The molecule has 0 aromatic heterocycles. The number of carbonyl (C=O) groups excluding carboxylic acids is 1. The molecule has 17 heavy (non-hydrogen) atoms. The molecule has 0 spiro atoms. The van der Waals surface area contributed by atoms with Gasteiger partial charge in [0, 0.05) is 19.8 Å². The third kappa shape index (κ3) is 4.07. The van der Waals surface area contributed by atoms with Crippen LogP contribution in [0.25, 0.3) is 0 Å². The number of hydrogen-bond donors (Lipinski definition) is 1. The molecule has 1 rings (SSSR count). The smallest absolute Gasteiger partial charge is 0.227 e. The molecular weight excluding hydrogens is 216 g/mol. The highest BCUT2D eigenvalue weighted by atomic mass is 16.5. The molecule has 1 amide bonds. The van der Waals surface area contributed by atoms with Crippen LogP contribution in [0, 0.1) is 0 Å². The van der Waals surface area contributed by atoms with E-state index in [0.717, 1.165) is 5.56 Å². The maximum Gasteiger partial charge on any atom is 0.227 e. The number of nitrogens with two attached hydrogens (primary N) is 1. The van der Waals surface area contributed by atoms with Crippen LogP contribution < -0.4 is 5.73 Å². The van der Waals surface area contributed by atoms with Crippen molar-refractivity contribution in [2.45, 2.75) is 19.4 Å². The second kappa shape index (κ2) is 6.25. The van der Waals surface area contributed by atoms with Crippen molar-refractivity contribution in [3.63, 3.8) is 0 Å². The summed E-state index contributed by atoms with van der Waals surface area (Å²) in [6, 6.07) is 7.45. The molecule has 4 nitrogen and oxygen atoms in total. The van der Waals surface area contributed by atoms with Crippen molar-refractivity contribution in [3.8, 4) is 0 Å². The van der Waals surface area contributed by atoms with Gasteiger partial charge in [-0.2, -0.15) is 0 Å². The zero-order chi connectivity index (χ0) is 12.8. The highest BCUT2D eigenvalue weighted by molar-refractivity contribution is 5.78. The maximum absolute atomic E-state index is 12.0. The molecule has 0 aliphatic heterocycles. The Kier molecular flexibility index (Phi) is 4.97. The van der Waals surface area contributed by atoms with Crippen molar-refractivity contribution in [1.29, 1.82) is 0 Å². The summed E-state index contributed by atoms with van der Waals surface area (Å²) in [7, 11) is 3.43. The molecule has 2 N–H and O–H groups in total. The van der Waals surface area contributed by atoms with Gasteiger partial charge in [-0.25, -0.2) is 0 Å². The zero-order valence-electron chi connectivity index (χ0n) is 10.6. The van der Waals surface area contributed by atoms with E-state index in [1.165, 1.54) is 0 Å². The van der Waals surface area contributed by atoms with Gasteiger partial charge in [0.05, 0.1) is 19.1 Å². The minimum absolute atomic E-state index is 0.0827. The molecule has 1 aromatic carbocycles. The van der Waals surface area contributed by atoms with E-state index in [0.29, 0.717) is 18.7 Å². The first-order chi connectivity index (χ1) is 8.04. The number of likely N-dealkylation sites (N-methyl/N-ethyl adjacent to an activating group) is 1. The Hall–Kier alpha value is -1.55. The summed E-state index contributed by atoms with van der Waals surface area (Å²) in [6.07, 6.45) is 0.394. The van der Waals surface area contributed by atoms with Gasteiger partial charge >= 0.3 is 0 Å². The third-order valence-corrected chi connectivity index (χ3v) is 2.80. The monoisotopic (exact) mass is 236 g/mol. The lowest BCUT2D eigenvalue weighted by Gasteiger charge is -2.24. The molecule has 0 aliphatic rings. The SMILES string of the molecule is COCC(C)N(C)C(=O)Cc1ccc(N)cc1. The largest absolute Gasteiger partial charge is 0.399 e. The van der Waals surface area contributed by atoms with Crippen LogP contribution in [0.15, 0.2) is 24.3 Å². The van der Waals surface area contributed by atoms with Crippen molar-refractivity contribution >= 4 is 11.6 Å². The molecule has 0 aliphatic carbocycles. The number of benzene rings is 1. The topological polar surface area (TPSA) is 55.6 Å². The van der Waals surface area contributed by atoms with Crippen LogP contribution >= 0.6 is 0 Å². The second-order valence-electron chi connectivity index (χ2n) is 4.23. The van der Waals surface area contributed by atoms with Gasteiger partial charge in [-0.05, 0) is 24.6 Å². The summed E-state index contributed by atoms with van der Waals surface area (Å²) in [5.74, 6) is 0.0827. The van der Waals surface area contributed by atoms with Crippen LogP contribution in [0.5, 0.6) is 0 Å². The quantitative estimate of drug-likeness (QED) is 0.784. The van der Waals surface area contributed by atoms with Crippen molar-refractivity contribution in [2.75, 3.05) is 26.5 Å². The predicted octanol–water partition coefficient (Wildman–Crippen LogP) is 1.30. The normalized spacial score (nSPS) is 12.2. The molecule has 1 atom stereocenters. The van der Waals surface area contributed by atoms with Gasteiger partial charge in [-0.15, -0.1) is 0 Å². The lowest BCUT2D eigenvalue weighted by Crippen LogP contribution is -2.38. The Labute approximate surface area is 102 Å². The van der Waals surface area contributed by atoms with Crippen molar-refractivity contribution in [1.82, 2.24) is 4.90 Å². The van der Waals surface area contributed by atoms with E-state index in [4.69, 9.17) is 10.5 Å². The van der Waals surface area contributed by atoms with E-state index in [1.807, 2.05) is 19.1 Å². The Morgan fingerprint density at radius 2 is 2.00 bits per heavy atom. The number of rotatable bonds is 5. The fraction of sp³-hybridized carbons (Fsp3) is 0.462. The Balaban J connectivity index is 2.56. The fourth-order valence-corrected chi connectivity index (χ4v) is 1.53. The van der Waals surface area contributed by atoms with E-state index in [9.17, 15) is 4.79 Å². The third-order valence-electron chi connectivity index (χ3n) is 2.80. The molecular formula is C13H20N2O2. The van der Waals surface area contributed by atoms with Crippen molar-refractivity contribution in [2.24, 2.45) is 0 Å². The highest BCUT2D eigenvalue weighted by Crippen LogP contribution is 2.08. The number of ether oxygens (including phenoxy) is 1. The van der Waals surface area contributed by atoms with E-state index >= 15 is 0 Å². The minimum Gasteiger partial charge on any atom is -0.399 e. The van der Waals surface area contributed by atoms with E-state index in [1.54, 1.807) is 31.2 Å². The van der Waals surface area contributed by atoms with E-state index < -0.39 is 0 Å². The van der Waals surface area contributed by atoms with Crippen molar-refractivity contribution in [3.05, 3.63) is 29.8 Å². The summed E-state index contributed by atoms with van der Waals surface area (Å²) < 4.78 is 5.03. The lowest BCUT2D eigenvalue weighted by atomic mass is 10.1. The molecule has 0 heterocycles. The molecule has 0 radical (unpaired) electrons. The van der Waals surface area contributed by atoms with Crippen LogP contribution in [-0.2, 0) is 16.0 Å². The Bertz CT molecular complexity index is 362. The number of anilines is 1. The number of hydrogen-bond acceptors (Lipinski definition) is 3. The first-order valence-corrected chi connectivity index (χ1v) is 5.63. The van der Waals surface area contributed by atoms with Crippen molar-refractivity contribution < 1.29 is 9.53 Å². The lowest BCUT2D eigenvalue weighted by molar-refractivity contribution is -0.131. The number of nitrogen functional groups attached to an aromatic ring is 1. The summed E-state index contributed by atoms with van der Waals surface area (Å²) in [5.41, 5.74) is 7.28. The molecule has 1 unspecified atom stereocenters. The Morgan fingerprint density at radius 3 is 2.53 bits per heavy atom. The maximum atomic E-state index is 12.0. The van der Waals surface area contributed by atoms with Gasteiger partial charge in [-0.1, -0.05) is 12.1 Å². The molecule has 94 valence electrons. The zero-order valence-corrected chi connectivity index (χ0v) is 10.6. The minimum atomic E-state index is 0.0827. The van der Waals surface area contributed by atoms with Crippen LogP contribution in [0.4, 0.5) is 5.69 Å². The van der Waals surface area contributed by atoms with Crippen LogP contribution in [0.1, 0.15) is 12.5 Å². The van der Waals surface area contributed by atoms with Crippen LogP contribution in [0.3, 0.4) is 0 Å². The van der Waals surface area contributed by atoms with Crippen LogP contribution in [-0.4, -0.2) is 37.6 Å². The van der Waals surface area contributed by atoms with Gasteiger partial charge in [0.1, 0.15) is 0 Å². The molecule has 0 bridgehead atoms. The van der Waals surface area contributed by atoms with E-state index in [-0.39, 0.29) is 11.9 Å². The standard InChI is InChI=1S/C13H20N2O2/c1-10(9-17-3)15(2)13(16)8-11-4-6-12(14)7-5-11/h4-7,10H,8-9,14H2,1-3H3. The van der Waals surface area contributed by atoms with Gasteiger partial charge in [0.15, 0.2) is 0 Å². The molecule has 0 saturated carbocycles. The fourth-order valence-electron chi connectivity index (χ4n) is 1.53. The molecule has 1 aromatic rings. The predicted molar refractivity (Wildman–Crippen MR) is 68.7 cm³/mol. The van der Waals surface area contributed by atoms with Gasteiger partial charge in [-0.3, -0.25) is 4.79 Å². The Morgan fingerprint density at radius 1 is 1.41 bits per heavy atom. The number of nitrogens with zero attached hydrogens (tertiary/aromatic N) is 1. The summed E-state index contributed by atoms with van der Waals surface area (Å²) in [6.45, 7) is 2.51. The number of methoxy groups -OCH3 is 1. The van der Waals surface area contributed by atoms with Gasteiger partial charge in [0.25, 0.3) is 0 Å². The second-order valence-corrected chi connectivity index (χ2v) is 4.23. The van der Waals surface area contributed by atoms with Crippen LogP contribution in [0.2, 0.25) is 0 Å². The molecule has 4 heteroatoms. The average molecular weight is 236 g/mol. The summed E-state index contributed by atoms with van der Waals surface area (Å²) >= 11 is 0.